The fourth-order valence-corrected chi connectivity index (χ4v) is 9.00. The lowest BCUT2D eigenvalue weighted by Gasteiger charge is -2.57. The standard InChI is InChI=1S/C35H32FIN2O5/c1-43-30-15-20(14-29(37)31(30)44-19-24-4-2-3-5-28(24)36)13-27-32(40)38-34(42)39(33(27)41)26-8-6-25(7-9-26)35-16-21-10-22(17-35)12-23(11-21)18-35/h2-9,13-15,21-23H,10-12,16-19H2,1H3,(H,38,40,42)/b27-13+. The van der Waals surface area contributed by atoms with Crippen molar-refractivity contribution < 1.29 is 28.2 Å². The summed E-state index contributed by atoms with van der Waals surface area (Å²) >= 11 is 2.06. The minimum absolute atomic E-state index is 0.000905. The van der Waals surface area contributed by atoms with Crippen molar-refractivity contribution in [2.45, 2.75) is 50.5 Å². The maximum absolute atomic E-state index is 14.1. The first-order valence-corrected chi connectivity index (χ1v) is 16.1. The van der Waals surface area contributed by atoms with Crippen LogP contribution < -0.4 is 19.7 Å². The summed E-state index contributed by atoms with van der Waals surface area (Å²) in [4.78, 5) is 40.4. The van der Waals surface area contributed by atoms with Crippen LogP contribution in [0.2, 0.25) is 0 Å². The summed E-state index contributed by atoms with van der Waals surface area (Å²) in [6.07, 6.45) is 9.17. The highest BCUT2D eigenvalue weighted by Crippen LogP contribution is 2.60. The predicted molar refractivity (Wildman–Crippen MR) is 172 cm³/mol. The molecule has 8 rings (SSSR count). The van der Waals surface area contributed by atoms with E-state index in [1.54, 1.807) is 30.3 Å². The third-order valence-electron chi connectivity index (χ3n) is 9.77. The first kappa shape index (κ1) is 29.0. The van der Waals surface area contributed by atoms with Crippen molar-refractivity contribution in [2.24, 2.45) is 17.8 Å². The highest BCUT2D eigenvalue weighted by molar-refractivity contribution is 14.1. The molecule has 226 valence electrons. The average Bonchev–Trinajstić information content (AvgIpc) is 2.99. The van der Waals surface area contributed by atoms with Crippen molar-refractivity contribution in [1.29, 1.82) is 0 Å². The molecule has 4 aliphatic carbocycles. The van der Waals surface area contributed by atoms with Crippen LogP contribution in [0.1, 0.15) is 55.2 Å². The summed E-state index contributed by atoms with van der Waals surface area (Å²) in [5.74, 6) is 1.36. The van der Waals surface area contributed by atoms with E-state index in [4.69, 9.17) is 9.47 Å². The zero-order valence-electron chi connectivity index (χ0n) is 24.3. The number of halogens is 2. The molecule has 3 aromatic rings. The lowest BCUT2D eigenvalue weighted by molar-refractivity contribution is -0.122. The van der Waals surface area contributed by atoms with E-state index in [9.17, 15) is 18.8 Å². The van der Waals surface area contributed by atoms with Crippen molar-refractivity contribution in [3.63, 3.8) is 0 Å². The van der Waals surface area contributed by atoms with Crippen LogP contribution in [-0.2, 0) is 21.6 Å². The smallest absolute Gasteiger partial charge is 0.335 e. The monoisotopic (exact) mass is 706 g/mol. The van der Waals surface area contributed by atoms with E-state index in [1.807, 2.05) is 12.1 Å². The number of amides is 4. The van der Waals surface area contributed by atoms with E-state index < -0.39 is 17.8 Å². The molecule has 1 aliphatic heterocycles. The predicted octanol–water partition coefficient (Wildman–Crippen LogP) is 7.15. The molecule has 0 aromatic heterocycles. The van der Waals surface area contributed by atoms with Crippen molar-refractivity contribution >= 4 is 52.2 Å². The number of rotatable bonds is 7. The Morgan fingerprint density at radius 3 is 2.27 bits per heavy atom. The van der Waals surface area contributed by atoms with Gasteiger partial charge in [0, 0.05) is 5.56 Å². The van der Waals surface area contributed by atoms with Gasteiger partial charge in [-0.05, 0) is 132 Å². The van der Waals surface area contributed by atoms with Crippen LogP contribution in [0.25, 0.3) is 6.08 Å². The summed E-state index contributed by atoms with van der Waals surface area (Å²) in [5, 5.41) is 2.32. The number of hydrogen-bond acceptors (Lipinski definition) is 5. The molecule has 1 saturated heterocycles. The molecule has 1 N–H and O–H groups in total. The first-order chi connectivity index (χ1) is 21.2. The van der Waals surface area contributed by atoms with Gasteiger partial charge >= 0.3 is 6.03 Å². The fraction of sp³-hybridized carbons (Fsp3) is 0.343. The van der Waals surface area contributed by atoms with Gasteiger partial charge < -0.3 is 9.47 Å². The van der Waals surface area contributed by atoms with Gasteiger partial charge in [0.2, 0.25) is 0 Å². The number of barbiturate groups is 1. The number of anilines is 1. The number of benzene rings is 3. The van der Waals surface area contributed by atoms with Gasteiger partial charge in [0.1, 0.15) is 18.0 Å². The Balaban J connectivity index is 1.13. The van der Waals surface area contributed by atoms with Crippen molar-refractivity contribution in [1.82, 2.24) is 5.32 Å². The fourth-order valence-electron chi connectivity index (χ4n) is 8.22. The Bertz CT molecular complexity index is 1670. The summed E-state index contributed by atoms with van der Waals surface area (Å²) in [7, 11) is 1.48. The van der Waals surface area contributed by atoms with Gasteiger partial charge in [-0.1, -0.05) is 30.3 Å². The summed E-state index contributed by atoms with van der Waals surface area (Å²) in [6.45, 7) is -0.000905. The molecular weight excluding hydrogens is 674 g/mol. The van der Waals surface area contributed by atoms with Crippen LogP contribution in [0.5, 0.6) is 11.5 Å². The van der Waals surface area contributed by atoms with Gasteiger partial charge in [-0.3, -0.25) is 14.9 Å². The number of ether oxygens (including phenoxy) is 2. The van der Waals surface area contributed by atoms with Crippen molar-refractivity contribution in [2.75, 3.05) is 12.0 Å². The van der Waals surface area contributed by atoms with Gasteiger partial charge in [-0.2, -0.15) is 0 Å². The number of carbonyl (C=O) groups excluding carboxylic acids is 3. The van der Waals surface area contributed by atoms with Gasteiger partial charge in [0.25, 0.3) is 11.8 Å². The number of imide groups is 2. The summed E-state index contributed by atoms with van der Waals surface area (Å²) in [6, 6.07) is 16.7. The van der Waals surface area contributed by atoms with Gasteiger partial charge in [-0.25, -0.2) is 14.1 Å². The molecule has 3 aromatic carbocycles. The zero-order valence-corrected chi connectivity index (χ0v) is 26.4. The average molecular weight is 707 g/mol. The maximum atomic E-state index is 14.1. The highest BCUT2D eigenvalue weighted by Gasteiger charge is 2.51. The van der Waals surface area contributed by atoms with Crippen LogP contribution >= 0.6 is 22.6 Å². The lowest BCUT2D eigenvalue weighted by Crippen LogP contribution is -2.54. The Morgan fingerprint density at radius 2 is 1.64 bits per heavy atom. The quantitative estimate of drug-likeness (QED) is 0.160. The number of nitrogens with one attached hydrogen (secondary N) is 1. The number of nitrogens with zero attached hydrogens (tertiary/aromatic N) is 1. The molecular formula is C35H32FIN2O5. The third-order valence-corrected chi connectivity index (χ3v) is 10.6. The van der Waals surface area contributed by atoms with Crippen LogP contribution in [0, 0.1) is 27.1 Å². The molecule has 5 fully saturated rings. The minimum Gasteiger partial charge on any atom is -0.493 e. The molecule has 4 amide bonds. The molecule has 9 heteroatoms. The number of urea groups is 1. The molecule has 1 heterocycles. The second-order valence-corrected chi connectivity index (χ2v) is 13.8. The molecule has 7 nitrogen and oxygen atoms in total. The van der Waals surface area contributed by atoms with Gasteiger partial charge in [-0.15, -0.1) is 0 Å². The Labute approximate surface area is 268 Å². The molecule has 0 radical (unpaired) electrons. The number of hydrogen-bond donors (Lipinski definition) is 1. The summed E-state index contributed by atoms with van der Waals surface area (Å²) < 4.78 is 26.2. The van der Waals surface area contributed by atoms with E-state index in [2.05, 4.69) is 40.0 Å². The van der Waals surface area contributed by atoms with Crippen LogP contribution in [0.3, 0.4) is 0 Å². The molecule has 0 atom stereocenters. The lowest BCUT2D eigenvalue weighted by atomic mass is 9.48. The van der Waals surface area contributed by atoms with E-state index in [0.29, 0.717) is 31.9 Å². The number of carbonyl (C=O) groups is 3. The van der Waals surface area contributed by atoms with Crippen molar-refractivity contribution in [3.05, 3.63) is 92.3 Å². The normalized spacial score (nSPS) is 26.7. The molecule has 0 spiro atoms. The third kappa shape index (κ3) is 5.18. The van der Waals surface area contributed by atoms with Crippen LogP contribution in [0.4, 0.5) is 14.9 Å². The Kier molecular flexibility index (Phi) is 7.46. The highest BCUT2D eigenvalue weighted by atomic mass is 127. The second kappa shape index (κ2) is 11.3. The largest absolute Gasteiger partial charge is 0.493 e. The topological polar surface area (TPSA) is 84.9 Å². The zero-order chi connectivity index (χ0) is 30.6. The van der Waals surface area contributed by atoms with Gasteiger partial charge in [0.05, 0.1) is 16.4 Å². The van der Waals surface area contributed by atoms with E-state index in [-0.39, 0.29) is 23.4 Å². The van der Waals surface area contributed by atoms with Crippen molar-refractivity contribution in [3.8, 4) is 11.5 Å². The Hall–Kier alpha value is -3.73. The SMILES string of the molecule is COc1cc(/C=C2\C(=O)NC(=O)N(c3ccc(C45CC6CC(CC(C6)C4)C5)cc3)C2=O)cc(I)c1OCc1ccccc1F. The van der Waals surface area contributed by atoms with E-state index in [0.717, 1.165) is 22.7 Å². The van der Waals surface area contributed by atoms with Gasteiger partial charge in [0.15, 0.2) is 11.5 Å². The second-order valence-electron chi connectivity index (χ2n) is 12.6. The van der Waals surface area contributed by atoms with Crippen LogP contribution in [0.15, 0.2) is 66.2 Å². The van der Waals surface area contributed by atoms with Crippen LogP contribution in [-0.4, -0.2) is 25.0 Å². The van der Waals surface area contributed by atoms with E-state index in [1.165, 1.54) is 63.3 Å². The Morgan fingerprint density at radius 1 is 0.977 bits per heavy atom. The molecule has 4 bridgehead atoms. The maximum Gasteiger partial charge on any atom is 0.335 e. The minimum atomic E-state index is -0.774. The van der Waals surface area contributed by atoms with E-state index >= 15 is 0 Å². The molecule has 0 unspecified atom stereocenters. The summed E-state index contributed by atoms with van der Waals surface area (Å²) in [5.41, 5.74) is 2.64. The number of methoxy groups -OCH3 is 1. The first-order valence-electron chi connectivity index (χ1n) is 15.0. The molecule has 4 saturated carbocycles. The molecule has 44 heavy (non-hydrogen) atoms. The molecule has 5 aliphatic rings.